The lowest BCUT2D eigenvalue weighted by molar-refractivity contribution is 0.359. The maximum absolute atomic E-state index is 9.69. The fraction of sp³-hybridized carbons (Fsp3) is 0.318. The van der Waals surface area contributed by atoms with Crippen molar-refractivity contribution >= 4 is 29.9 Å². The van der Waals surface area contributed by atoms with Crippen LogP contribution in [-0.2, 0) is 13.0 Å². The van der Waals surface area contributed by atoms with Gasteiger partial charge in [-0.15, -0.1) is 24.0 Å². The van der Waals surface area contributed by atoms with Gasteiger partial charge in [-0.2, -0.15) is 0 Å². The number of aliphatic imine (C=N–C) groups is 1. The van der Waals surface area contributed by atoms with Gasteiger partial charge in [0.15, 0.2) is 17.5 Å². The van der Waals surface area contributed by atoms with Crippen molar-refractivity contribution in [3.05, 3.63) is 66.2 Å². The molecule has 158 valence electrons. The molecule has 2 aromatic rings. The zero-order chi connectivity index (χ0) is 20.2. The van der Waals surface area contributed by atoms with E-state index in [-0.39, 0.29) is 29.7 Å². The molecule has 2 aromatic carbocycles. The molecule has 0 amide bonds. The van der Waals surface area contributed by atoms with Crippen molar-refractivity contribution in [3.63, 3.8) is 0 Å². The predicted octanol–water partition coefficient (Wildman–Crippen LogP) is 3.88. The Morgan fingerprint density at radius 3 is 2.69 bits per heavy atom. The first-order chi connectivity index (χ1) is 13.7. The quantitative estimate of drug-likeness (QED) is 0.196. The Hall–Kier alpha value is -2.42. The first kappa shape index (κ1) is 24.6. The topological polar surface area (TPSA) is 75.1 Å². The van der Waals surface area contributed by atoms with Gasteiger partial charge in [0.25, 0.3) is 0 Å². The lowest BCUT2D eigenvalue weighted by atomic mass is 10.1. The number of phenolic OH excluding ortho intramolecular Hbond substituents is 1. The predicted molar refractivity (Wildman–Crippen MR) is 129 cm³/mol. The SMILES string of the molecule is C=CCOc1ccccc1CN=C(NCC)NCCc1ccc(O)c(OC)c1.I. The van der Waals surface area contributed by atoms with Gasteiger partial charge >= 0.3 is 0 Å². The summed E-state index contributed by atoms with van der Waals surface area (Å²) in [7, 11) is 1.55. The number of benzene rings is 2. The van der Waals surface area contributed by atoms with Gasteiger partial charge in [0, 0.05) is 18.7 Å². The van der Waals surface area contributed by atoms with Crippen molar-refractivity contribution in [3.8, 4) is 17.2 Å². The minimum Gasteiger partial charge on any atom is -0.504 e. The molecule has 3 N–H and O–H groups in total. The van der Waals surface area contributed by atoms with E-state index in [4.69, 9.17) is 9.47 Å². The largest absolute Gasteiger partial charge is 0.504 e. The lowest BCUT2D eigenvalue weighted by Crippen LogP contribution is -2.38. The van der Waals surface area contributed by atoms with E-state index in [1.807, 2.05) is 43.3 Å². The number of hydrogen-bond acceptors (Lipinski definition) is 4. The summed E-state index contributed by atoms with van der Waals surface area (Å²) in [6.07, 6.45) is 2.50. The first-order valence-electron chi connectivity index (χ1n) is 9.37. The number of aromatic hydroxyl groups is 1. The minimum absolute atomic E-state index is 0. The van der Waals surface area contributed by atoms with Crippen LogP contribution in [0, 0.1) is 0 Å². The minimum atomic E-state index is 0. The van der Waals surface area contributed by atoms with Crippen LogP contribution in [0.25, 0.3) is 0 Å². The molecule has 0 radical (unpaired) electrons. The van der Waals surface area contributed by atoms with E-state index < -0.39 is 0 Å². The number of rotatable bonds is 10. The van der Waals surface area contributed by atoms with Crippen LogP contribution in [0.5, 0.6) is 17.2 Å². The Bertz CT molecular complexity index is 797. The standard InChI is InChI=1S/C22H29N3O3.HI/c1-4-14-28-20-9-7-6-8-18(20)16-25-22(23-5-2)24-13-12-17-10-11-19(26)21(15-17)27-3;/h4,6-11,15,26H,1,5,12-14,16H2,2-3H3,(H2,23,24,25);1H. The van der Waals surface area contributed by atoms with E-state index in [1.54, 1.807) is 19.3 Å². The molecule has 0 heterocycles. The van der Waals surface area contributed by atoms with Gasteiger partial charge in [0.1, 0.15) is 12.4 Å². The van der Waals surface area contributed by atoms with Crippen molar-refractivity contribution in [2.75, 3.05) is 26.8 Å². The van der Waals surface area contributed by atoms with Gasteiger partial charge in [-0.1, -0.05) is 36.9 Å². The average Bonchev–Trinajstić information content (AvgIpc) is 2.72. The number of para-hydroxylation sites is 1. The number of hydrogen-bond donors (Lipinski definition) is 3. The third-order valence-corrected chi connectivity index (χ3v) is 4.03. The van der Waals surface area contributed by atoms with Gasteiger partial charge in [-0.25, -0.2) is 4.99 Å². The van der Waals surface area contributed by atoms with E-state index >= 15 is 0 Å². The number of nitrogens with zero attached hydrogens (tertiary/aromatic N) is 1. The van der Waals surface area contributed by atoms with E-state index in [0.29, 0.717) is 25.4 Å². The highest BCUT2D eigenvalue weighted by Gasteiger charge is 2.05. The zero-order valence-corrected chi connectivity index (χ0v) is 19.3. The molecule has 0 aliphatic rings. The maximum atomic E-state index is 9.69. The second-order valence-electron chi connectivity index (χ2n) is 6.09. The molecule has 0 spiro atoms. The molecule has 0 atom stereocenters. The van der Waals surface area contributed by atoms with Crippen LogP contribution in [0.3, 0.4) is 0 Å². The van der Waals surface area contributed by atoms with Crippen molar-refractivity contribution in [2.45, 2.75) is 19.9 Å². The monoisotopic (exact) mass is 511 g/mol. The molecule has 29 heavy (non-hydrogen) atoms. The third-order valence-electron chi connectivity index (χ3n) is 4.03. The Morgan fingerprint density at radius 2 is 1.97 bits per heavy atom. The zero-order valence-electron chi connectivity index (χ0n) is 17.0. The Morgan fingerprint density at radius 1 is 1.17 bits per heavy atom. The molecule has 0 aliphatic heterocycles. The second kappa shape index (κ2) is 13.7. The van der Waals surface area contributed by atoms with Crippen LogP contribution in [0.1, 0.15) is 18.1 Å². The first-order valence-corrected chi connectivity index (χ1v) is 9.37. The Labute approximate surface area is 190 Å². The van der Waals surface area contributed by atoms with Crippen LogP contribution in [0.4, 0.5) is 0 Å². The summed E-state index contributed by atoms with van der Waals surface area (Å²) in [5.41, 5.74) is 2.09. The molecule has 0 aromatic heterocycles. The summed E-state index contributed by atoms with van der Waals surface area (Å²) in [6, 6.07) is 13.2. The smallest absolute Gasteiger partial charge is 0.191 e. The summed E-state index contributed by atoms with van der Waals surface area (Å²) in [6.45, 7) is 8.17. The highest BCUT2D eigenvalue weighted by Crippen LogP contribution is 2.26. The van der Waals surface area contributed by atoms with Crippen molar-refractivity contribution in [2.24, 2.45) is 4.99 Å². The normalized spacial score (nSPS) is 10.6. The number of phenols is 1. The highest BCUT2D eigenvalue weighted by molar-refractivity contribution is 14.0. The molecule has 0 aliphatic carbocycles. The summed E-state index contributed by atoms with van der Waals surface area (Å²) in [5, 5.41) is 16.3. The number of guanidine groups is 1. The molecular weight excluding hydrogens is 481 g/mol. The number of methoxy groups -OCH3 is 1. The number of halogens is 1. The van der Waals surface area contributed by atoms with E-state index in [0.717, 1.165) is 35.8 Å². The fourth-order valence-corrected chi connectivity index (χ4v) is 2.63. The summed E-state index contributed by atoms with van der Waals surface area (Å²) >= 11 is 0. The van der Waals surface area contributed by atoms with Crippen LogP contribution < -0.4 is 20.1 Å². The highest BCUT2D eigenvalue weighted by atomic mass is 127. The van der Waals surface area contributed by atoms with Crippen LogP contribution in [0.2, 0.25) is 0 Å². The van der Waals surface area contributed by atoms with E-state index in [1.165, 1.54) is 0 Å². The van der Waals surface area contributed by atoms with Crippen molar-refractivity contribution in [1.29, 1.82) is 0 Å². The Kier molecular flexibility index (Phi) is 11.6. The second-order valence-corrected chi connectivity index (χ2v) is 6.09. The van der Waals surface area contributed by atoms with E-state index in [2.05, 4.69) is 22.2 Å². The fourth-order valence-electron chi connectivity index (χ4n) is 2.63. The Balaban J connectivity index is 0.00000420. The van der Waals surface area contributed by atoms with Crippen LogP contribution >= 0.6 is 24.0 Å². The van der Waals surface area contributed by atoms with E-state index in [9.17, 15) is 5.11 Å². The molecule has 0 unspecified atom stereocenters. The summed E-state index contributed by atoms with van der Waals surface area (Å²) < 4.78 is 10.8. The maximum Gasteiger partial charge on any atom is 0.191 e. The number of nitrogens with one attached hydrogen (secondary N) is 2. The molecule has 6 nitrogen and oxygen atoms in total. The summed E-state index contributed by atoms with van der Waals surface area (Å²) in [4.78, 5) is 4.66. The van der Waals surface area contributed by atoms with Crippen LogP contribution in [-0.4, -0.2) is 37.9 Å². The lowest BCUT2D eigenvalue weighted by Gasteiger charge is -2.13. The van der Waals surface area contributed by atoms with Gasteiger partial charge in [-0.05, 0) is 37.1 Å². The molecular formula is C22H30IN3O3. The number of ether oxygens (including phenoxy) is 2. The van der Waals surface area contributed by atoms with Crippen LogP contribution in [0.15, 0.2) is 60.1 Å². The third kappa shape index (κ3) is 8.23. The van der Waals surface area contributed by atoms with Gasteiger partial charge in [0.2, 0.25) is 0 Å². The summed E-state index contributed by atoms with van der Waals surface area (Å²) in [5.74, 6) is 2.19. The average molecular weight is 511 g/mol. The molecule has 0 saturated heterocycles. The van der Waals surface area contributed by atoms with Gasteiger partial charge in [0.05, 0.1) is 13.7 Å². The molecule has 0 bridgehead atoms. The van der Waals surface area contributed by atoms with Crippen molar-refractivity contribution in [1.82, 2.24) is 10.6 Å². The molecule has 2 rings (SSSR count). The molecule has 0 saturated carbocycles. The van der Waals surface area contributed by atoms with Crippen molar-refractivity contribution < 1.29 is 14.6 Å². The van der Waals surface area contributed by atoms with Gasteiger partial charge < -0.3 is 25.2 Å². The van der Waals surface area contributed by atoms with Gasteiger partial charge in [-0.3, -0.25) is 0 Å². The molecule has 0 fully saturated rings. The molecule has 7 heteroatoms.